The molecule has 0 atom stereocenters. The first kappa shape index (κ1) is 18.6. The van der Waals surface area contributed by atoms with E-state index in [2.05, 4.69) is 0 Å². The van der Waals surface area contributed by atoms with Gasteiger partial charge in [0.25, 0.3) is 0 Å². The van der Waals surface area contributed by atoms with Gasteiger partial charge in [0, 0.05) is 5.56 Å². The van der Waals surface area contributed by atoms with Gasteiger partial charge in [-0.3, -0.25) is 4.79 Å². The van der Waals surface area contributed by atoms with Crippen molar-refractivity contribution in [3.8, 4) is 11.5 Å². The first-order valence-electron chi connectivity index (χ1n) is 9.04. The van der Waals surface area contributed by atoms with Crippen LogP contribution in [0.25, 0.3) is 6.08 Å². The number of Topliss-reactive ketones (excluding diaryl/α,β-unsaturated/α-hetero) is 1. The van der Waals surface area contributed by atoms with Gasteiger partial charge in [-0.05, 0) is 61.9 Å². The minimum atomic E-state index is -0.489. The molecule has 1 aliphatic rings. The minimum Gasteiger partial charge on any atom is -0.452 e. The quantitative estimate of drug-likeness (QED) is 0.348. The first-order valence-corrected chi connectivity index (χ1v) is 9.04. The summed E-state index contributed by atoms with van der Waals surface area (Å²) in [6.07, 6.45) is 1.49. The van der Waals surface area contributed by atoms with Gasteiger partial charge in [0.1, 0.15) is 17.3 Å². The van der Waals surface area contributed by atoms with Gasteiger partial charge in [-0.25, -0.2) is 9.18 Å². The maximum absolute atomic E-state index is 13.4. The summed E-state index contributed by atoms with van der Waals surface area (Å²) < 4.78 is 24.7. The molecule has 0 aromatic heterocycles. The fourth-order valence-electron chi connectivity index (χ4n) is 3.16. The van der Waals surface area contributed by atoms with Gasteiger partial charge >= 0.3 is 5.97 Å². The second-order valence-electron chi connectivity index (χ2n) is 6.82. The topological polar surface area (TPSA) is 52.6 Å². The van der Waals surface area contributed by atoms with Crippen LogP contribution < -0.4 is 9.47 Å². The van der Waals surface area contributed by atoms with E-state index in [1.54, 1.807) is 49.4 Å². The normalized spacial score (nSPS) is 13.9. The van der Waals surface area contributed by atoms with Crippen LogP contribution in [0.1, 0.15) is 37.4 Å². The fourth-order valence-corrected chi connectivity index (χ4v) is 3.16. The lowest BCUT2D eigenvalue weighted by molar-refractivity contribution is 0.0733. The molecule has 0 fully saturated rings. The number of hydrogen-bond acceptors (Lipinski definition) is 4. The molecule has 29 heavy (non-hydrogen) atoms. The zero-order valence-electron chi connectivity index (χ0n) is 15.9. The van der Waals surface area contributed by atoms with E-state index in [4.69, 9.17) is 9.47 Å². The molecule has 4 nitrogen and oxygen atoms in total. The third-order valence-corrected chi connectivity index (χ3v) is 4.64. The van der Waals surface area contributed by atoms with Crippen molar-refractivity contribution < 1.29 is 23.5 Å². The van der Waals surface area contributed by atoms with Gasteiger partial charge < -0.3 is 9.47 Å². The van der Waals surface area contributed by atoms with Crippen LogP contribution in [0.2, 0.25) is 0 Å². The molecule has 0 N–H and O–H groups in total. The van der Waals surface area contributed by atoms with Gasteiger partial charge in [-0.2, -0.15) is 0 Å². The van der Waals surface area contributed by atoms with Gasteiger partial charge in [0.2, 0.25) is 5.78 Å². The SMILES string of the molecule is Cc1cccc(C(=O)Oc2ccc3c(c2C)O/C(=C\c2cccc(F)c2)C3=O)c1. The summed E-state index contributed by atoms with van der Waals surface area (Å²) >= 11 is 0. The number of ketones is 1. The molecule has 0 unspecified atom stereocenters. The number of carbonyl (C=O) groups is 2. The van der Waals surface area contributed by atoms with Crippen molar-refractivity contribution in [2.24, 2.45) is 0 Å². The number of benzene rings is 3. The Hall–Kier alpha value is -3.73. The summed E-state index contributed by atoms with van der Waals surface area (Å²) in [6.45, 7) is 3.61. The molecular weight excluding hydrogens is 371 g/mol. The maximum atomic E-state index is 13.4. The van der Waals surface area contributed by atoms with Crippen LogP contribution in [0, 0.1) is 19.7 Å². The Kier molecular flexibility index (Phi) is 4.72. The largest absolute Gasteiger partial charge is 0.452 e. The highest BCUT2D eigenvalue weighted by Crippen LogP contribution is 2.39. The Morgan fingerprint density at radius 2 is 1.83 bits per heavy atom. The monoisotopic (exact) mass is 388 g/mol. The summed E-state index contributed by atoms with van der Waals surface area (Å²) in [5.41, 5.74) is 2.82. The zero-order chi connectivity index (χ0) is 20.5. The van der Waals surface area contributed by atoms with E-state index in [0.29, 0.717) is 33.8 Å². The summed E-state index contributed by atoms with van der Waals surface area (Å²) in [5, 5.41) is 0. The van der Waals surface area contributed by atoms with Gasteiger partial charge in [-0.15, -0.1) is 0 Å². The van der Waals surface area contributed by atoms with Gasteiger partial charge in [0.05, 0.1) is 11.1 Å². The highest BCUT2D eigenvalue weighted by molar-refractivity contribution is 6.15. The van der Waals surface area contributed by atoms with Crippen molar-refractivity contribution in [1.82, 2.24) is 0 Å². The number of allylic oxidation sites excluding steroid dienone is 1. The predicted octanol–water partition coefficient (Wildman–Crippen LogP) is 5.28. The minimum absolute atomic E-state index is 0.0934. The van der Waals surface area contributed by atoms with Crippen molar-refractivity contribution in [2.75, 3.05) is 0 Å². The summed E-state index contributed by atoms with van der Waals surface area (Å²) in [6, 6.07) is 16.1. The summed E-state index contributed by atoms with van der Waals surface area (Å²) in [4.78, 5) is 25.1. The van der Waals surface area contributed by atoms with E-state index >= 15 is 0 Å². The highest BCUT2D eigenvalue weighted by atomic mass is 19.1. The van der Waals surface area contributed by atoms with E-state index in [1.165, 1.54) is 18.2 Å². The van der Waals surface area contributed by atoms with Crippen LogP contribution in [0.4, 0.5) is 4.39 Å². The van der Waals surface area contributed by atoms with Gasteiger partial charge in [0.15, 0.2) is 5.76 Å². The third-order valence-electron chi connectivity index (χ3n) is 4.64. The van der Waals surface area contributed by atoms with Crippen molar-refractivity contribution in [1.29, 1.82) is 0 Å². The van der Waals surface area contributed by atoms with Crippen molar-refractivity contribution >= 4 is 17.8 Å². The lowest BCUT2D eigenvalue weighted by Crippen LogP contribution is -2.09. The lowest BCUT2D eigenvalue weighted by Gasteiger charge is -2.10. The Morgan fingerprint density at radius 3 is 2.59 bits per heavy atom. The molecule has 3 aromatic rings. The second kappa shape index (κ2) is 7.36. The van der Waals surface area contributed by atoms with Crippen LogP contribution in [-0.2, 0) is 0 Å². The van der Waals surface area contributed by atoms with Crippen LogP contribution in [-0.4, -0.2) is 11.8 Å². The van der Waals surface area contributed by atoms with E-state index in [9.17, 15) is 14.0 Å². The standard InChI is InChI=1S/C24H17FO4/c1-14-5-3-7-17(11-14)24(27)29-20-10-9-19-22(26)21(28-23(19)15(20)2)13-16-6-4-8-18(25)12-16/h3-13H,1-2H3/b21-13-. The number of fused-ring (bicyclic) bond motifs is 1. The van der Waals surface area contributed by atoms with Crippen molar-refractivity contribution in [3.63, 3.8) is 0 Å². The Bertz CT molecular complexity index is 1180. The van der Waals surface area contributed by atoms with E-state index in [0.717, 1.165) is 5.56 Å². The predicted molar refractivity (Wildman–Crippen MR) is 107 cm³/mol. The molecule has 0 radical (unpaired) electrons. The number of aryl methyl sites for hydroxylation is 1. The number of carbonyl (C=O) groups excluding carboxylic acids is 2. The zero-order valence-corrected chi connectivity index (χ0v) is 15.9. The highest BCUT2D eigenvalue weighted by Gasteiger charge is 2.30. The average Bonchev–Trinajstić information content (AvgIpc) is 3.00. The number of halogens is 1. The van der Waals surface area contributed by atoms with Crippen molar-refractivity contribution in [2.45, 2.75) is 13.8 Å². The maximum Gasteiger partial charge on any atom is 0.343 e. The molecule has 4 rings (SSSR count). The van der Waals surface area contributed by atoms with Crippen LogP contribution in [0.3, 0.4) is 0 Å². The second-order valence-corrected chi connectivity index (χ2v) is 6.82. The molecule has 0 spiro atoms. The van der Waals surface area contributed by atoms with Gasteiger partial charge in [-0.1, -0.05) is 29.8 Å². The molecule has 144 valence electrons. The number of esters is 1. The number of ether oxygens (including phenoxy) is 2. The van der Waals surface area contributed by atoms with Crippen LogP contribution >= 0.6 is 0 Å². The lowest BCUT2D eigenvalue weighted by atomic mass is 10.1. The van der Waals surface area contributed by atoms with Crippen LogP contribution in [0.5, 0.6) is 11.5 Å². The molecule has 0 bridgehead atoms. The number of rotatable bonds is 3. The molecule has 5 heteroatoms. The molecular formula is C24H17FO4. The first-order chi connectivity index (χ1) is 13.9. The average molecular weight is 388 g/mol. The molecule has 0 amide bonds. The fraction of sp³-hybridized carbons (Fsp3) is 0.0833. The Labute approximate surface area is 167 Å². The molecule has 3 aromatic carbocycles. The van der Waals surface area contributed by atoms with Crippen LogP contribution in [0.15, 0.2) is 66.4 Å². The van der Waals surface area contributed by atoms with E-state index < -0.39 is 11.8 Å². The van der Waals surface area contributed by atoms with E-state index in [1.807, 2.05) is 13.0 Å². The summed E-state index contributed by atoms with van der Waals surface area (Å²) in [5.74, 6) is -0.442. The molecule has 0 aliphatic carbocycles. The third kappa shape index (κ3) is 3.67. The molecule has 1 heterocycles. The van der Waals surface area contributed by atoms with E-state index in [-0.39, 0.29) is 11.5 Å². The molecule has 0 saturated heterocycles. The summed E-state index contributed by atoms with van der Waals surface area (Å²) in [7, 11) is 0. The Morgan fingerprint density at radius 1 is 1.03 bits per heavy atom. The molecule has 1 aliphatic heterocycles. The Balaban J connectivity index is 1.62. The smallest absolute Gasteiger partial charge is 0.343 e. The number of hydrogen-bond donors (Lipinski definition) is 0. The molecule has 0 saturated carbocycles. The van der Waals surface area contributed by atoms with Crippen molar-refractivity contribution in [3.05, 3.63) is 100 Å².